The summed E-state index contributed by atoms with van der Waals surface area (Å²) in [6.45, 7) is 4.66. The van der Waals surface area contributed by atoms with Crippen molar-refractivity contribution in [2.24, 2.45) is 0 Å². The van der Waals surface area contributed by atoms with Crippen LogP contribution in [-0.4, -0.2) is 24.0 Å². The molecule has 106 valence electrons. The zero-order chi connectivity index (χ0) is 14.0. The first-order chi connectivity index (χ1) is 9.73. The van der Waals surface area contributed by atoms with Gasteiger partial charge in [0.1, 0.15) is 0 Å². The van der Waals surface area contributed by atoms with E-state index in [1.165, 1.54) is 49.9 Å². The zero-order valence-corrected chi connectivity index (χ0v) is 12.4. The minimum atomic E-state index is -0.234. The maximum absolute atomic E-state index is 9.77. The molecule has 1 saturated heterocycles. The highest BCUT2D eigenvalue weighted by Gasteiger charge is 2.39. The lowest BCUT2D eigenvalue weighted by molar-refractivity contribution is 0.165. The molecule has 3 rings (SSSR count). The molecule has 0 unspecified atom stereocenters. The molecule has 2 aliphatic rings. The second-order valence-electron chi connectivity index (χ2n) is 6.54. The van der Waals surface area contributed by atoms with Crippen LogP contribution in [0, 0.1) is 18.3 Å². The molecule has 0 N–H and O–H groups in total. The molecule has 2 fully saturated rings. The minimum Gasteiger partial charge on any atom is -0.300 e. The Morgan fingerprint density at radius 3 is 2.50 bits per heavy atom. The van der Waals surface area contributed by atoms with Crippen molar-refractivity contribution < 1.29 is 0 Å². The predicted molar refractivity (Wildman–Crippen MR) is 81.5 cm³/mol. The lowest BCUT2D eigenvalue weighted by atomic mass is 9.69. The summed E-state index contributed by atoms with van der Waals surface area (Å²) >= 11 is 0. The van der Waals surface area contributed by atoms with E-state index in [2.05, 4.69) is 42.2 Å². The van der Waals surface area contributed by atoms with E-state index in [0.717, 1.165) is 18.9 Å². The third kappa shape index (κ3) is 2.47. The Balaban J connectivity index is 1.75. The van der Waals surface area contributed by atoms with Crippen LogP contribution in [0.4, 0.5) is 0 Å². The third-order valence-corrected chi connectivity index (χ3v) is 5.25. The molecule has 1 aliphatic heterocycles. The largest absolute Gasteiger partial charge is 0.300 e. The van der Waals surface area contributed by atoms with Crippen LogP contribution in [0.15, 0.2) is 24.3 Å². The molecular formula is C18H24N2. The van der Waals surface area contributed by atoms with Crippen molar-refractivity contribution in [3.63, 3.8) is 0 Å². The lowest BCUT2D eigenvalue weighted by Gasteiger charge is -2.39. The average molecular weight is 268 g/mol. The van der Waals surface area contributed by atoms with Crippen LogP contribution in [0.25, 0.3) is 0 Å². The fourth-order valence-electron chi connectivity index (χ4n) is 3.98. The molecule has 0 radical (unpaired) electrons. The Morgan fingerprint density at radius 2 is 1.90 bits per heavy atom. The van der Waals surface area contributed by atoms with Crippen LogP contribution in [0.1, 0.15) is 49.7 Å². The van der Waals surface area contributed by atoms with Gasteiger partial charge in [0, 0.05) is 6.04 Å². The highest BCUT2D eigenvalue weighted by molar-refractivity contribution is 5.35. The van der Waals surface area contributed by atoms with E-state index < -0.39 is 0 Å². The quantitative estimate of drug-likeness (QED) is 0.816. The van der Waals surface area contributed by atoms with Gasteiger partial charge in [-0.1, -0.05) is 29.8 Å². The Bertz CT molecular complexity index is 500. The summed E-state index contributed by atoms with van der Waals surface area (Å²) in [6.07, 6.45) is 7.13. The molecule has 1 aromatic carbocycles. The second kappa shape index (κ2) is 5.58. The first-order valence-corrected chi connectivity index (χ1v) is 7.96. The molecule has 1 saturated carbocycles. The van der Waals surface area contributed by atoms with E-state index in [4.69, 9.17) is 0 Å². The van der Waals surface area contributed by atoms with Gasteiger partial charge >= 0.3 is 0 Å². The molecular weight excluding hydrogens is 244 g/mol. The molecule has 0 amide bonds. The van der Waals surface area contributed by atoms with Gasteiger partial charge in [0.05, 0.1) is 11.5 Å². The Hall–Kier alpha value is -1.33. The van der Waals surface area contributed by atoms with Gasteiger partial charge in [-0.25, -0.2) is 0 Å². The van der Waals surface area contributed by atoms with Gasteiger partial charge in [-0.15, -0.1) is 0 Å². The summed E-state index contributed by atoms with van der Waals surface area (Å²) in [7, 11) is 0. The smallest absolute Gasteiger partial charge is 0.0823 e. The van der Waals surface area contributed by atoms with Gasteiger partial charge in [0.25, 0.3) is 0 Å². The molecule has 2 nitrogen and oxygen atoms in total. The summed E-state index contributed by atoms with van der Waals surface area (Å²) in [5.41, 5.74) is 2.26. The van der Waals surface area contributed by atoms with Crippen molar-refractivity contribution in [3.8, 4) is 6.07 Å². The third-order valence-electron chi connectivity index (χ3n) is 5.25. The fraction of sp³-hybridized carbons (Fsp3) is 0.611. The van der Waals surface area contributed by atoms with E-state index in [-0.39, 0.29) is 5.41 Å². The van der Waals surface area contributed by atoms with Gasteiger partial charge in [-0.2, -0.15) is 5.26 Å². The summed E-state index contributed by atoms with van der Waals surface area (Å²) < 4.78 is 0. The van der Waals surface area contributed by atoms with Crippen molar-refractivity contribution in [1.82, 2.24) is 4.90 Å². The molecule has 2 heteroatoms. The normalized spacial score (nSPS) is 31.1. The molecule has 1 aliphatic carbocycles. The van der Waals surface area contributed by atoms with Crippen LogP contribution < -0.4 is 0 Å². The summed E-state index contributed by atoms with van der Waals surface area (Å²) in [4.78, 5) is 2.65. The van der Waals surface area contributed by atoms with Crippen LogP contribution in [-0.2, 0) is 5.41 Å². The van der Waals surface area contributed by atoms with E-state index in [1.54, 1.807) is 0 Å². The first-order valence-electron chi connectivity index (χ1n) is 7.96. The Kier molecular flexibility index (Phi) is 3.81. The van der Waals surface area contributed by atoms with Crippen molar-refractivity contribution in [1.29, 1.82) is 5.26 Å². The van der Waals surface area contributed by atoms with E-state index >= 15 is 0 Å². The van der Waals surface area contributed by atoms with E-state index in [1.807, 2.05) is 0 Å². The molecule has 0 aromatic heterocycles. The minimum absolute atomic E-state index is 0.234. The number of benzene rings is 1. The van der Waals surface area contributed by atoms with Crippen molar-refractivity contribution in [3.05, 3.63) is 35.4 Å². The maximum atomic E-state index is 9.77. The number of aryl methyl sites for hydroxylation is 1. The summed E-state index contributed by atoms with van der Waals surface area (Å²) in [5, 5.41) is 9.77. The van der Waals surface area contributed by atoms with Gasteiger partial charge in [0.2, 0.25) is 0 Å². The van der Waals surface area contributed by atoms with Crippen LogP contribution in [0.2, 0.25) is 0 Å². The predicted octanol–water partition coefficient (Wildman–Crippen LogP) is 3.79. The van der Waals surface area contributed by atoms with Gasteiger partial charge < -0.3 is 4.90 Å². The van der Waals surface area contributed by atoms with E-state index in [9.17, 15) is 5.26 Å². The SMILES string of the molecule is Cc1cccc(C2(C#N)CCC(N3CCCC3)CC2)c1. The number of hydrogen-bond acceptors (Lipinski definition) is 2. The average Bonchev–Trinajstić information content (AvgIpc) is 3.01. The Morgan fingerprint density at radius 1 is 1.20 bits per heavy atom. The van der Waals surface area contributed by atoms with Crippen molar-refractivity contribution in [2.75, 3.05) is 13.1 Å². The lowest BCUT2D eigenvalue weighted by Crippen LogP contribution is -2.40. The van der Waals surface area contributed by atoms with Gasteiger partial charge in [0.15, 0.2) is 0 Å². The van der Waals surface area contributed by atoms with Crippen LogP contribution >= 0.6 is 0 Å². The molecule has 1 aromatic rings. The maximum Gasteiger partial charge on any atom is 0.0823 e. The Labute approximate surface area is 122 Å². The molecule has 0 spiro atoms. The van der Waals surface area contributed by atoms with Crippen LogP contribution in [0.5, 0.6) is 0 Å². The van der Waals surface area contributed by atoms with Crippen LogP contribution in [0.3, 0.4) is 0 Å². The highest BCUT2D eigenvalue weighted by atomic mass is 15.2. The number of likely N-dealkylation sites (tertiary alicyclic amines) is 1. The first kappa shape index (κ1) is 13.6. The summed E-state index contributed by atoms with van der Waals surface area (Å²) in [5.74, 6) is 0. The number of hydrogen-bond donors (Lipinski definition) is 0. The van der Waals surface area contributed by atoms with Crippen molar-refractivity contribution in [2.45, 2.75) is 56.9 Å². The van der Waals surface area contributed by atoms with E-state index in [0.29, 0.717) is 0 Å². The summed E-state index contributed by atoms with van der Waals surface area (Å²) in [6, 6.07) is 11.9. The van der Waals surface area contributed by atoms with Gasteiger partial charge in [-0.3, -0.25) is 0 Å². The highest BCUT2D eigenvalue weighted by Crippen LogP contribution is 2.41. The zero-order valence-electron chi connectivity index (χ0n) is 12.4. The molecule has 0 atom stereocenters. The number of nitrogens with zero attached hydrogens (tertiary/aromatic N) is 2. The second-order valence-corrected chi connectivity index (χ2v) is 6.54. The van der Waals surface area contributed by atoms with Crippen molar-refractivity contribution >= 4 is 0 Å². The standard InChI is InChI=1S/C18H24N2/c1-15-5-4-6-16(13-15)18(14-19)9-7-17(8-10-18)20-11-2-3-12-20/h4-6,13,17H,2-3,7-12H2,1H3. The molecule has 20 heavy (non-hydrogen) atoms. The monoisotopic (exact) mass is 268 g/mol. The topological polar surface area (TPSA) is 27.0 Å². The fourth-order valence-corrected chi connectivity index (χ4v) is 3.98. The molecule has 0 bridgehead atoms. The number of rotatable bonds is 2. The molecule has 1 heterocycles. The van der Waals surface area contributed by atoms with Gasteiger partial charge in [-0.05, 0) is 64.1 Å². The number of nitriles is 1.